The summed E-state index contributed by atoms with van der Waals surface area (Å²) in [6.07, 6.45) is 0.868. The average molecular weight is 355 g/mol. The van der Waals surface area contributed by atoms with E-state index in [2.05, 4.69) is 10.2 Å². The lowest BCUT2D eigenvalue weighted by Crippen LogP contribution is -2.42. The number of amides is 1. The molecule has 2 atom stereocenters. The molecule has 0 bridgehead atoms. The number of nitrogens with one attached hydrogen (secondary N) is 1. The smallest absolute Gasteiger partial charge is 0.241 e. The molecule has 0 aliphatic carbocycles. The lowest BCUT2D eigenvalue weighted by molar-refractivity contribution is -0.123. The zero-order valence-corrected chi connectivity index (χ0v) is 15.1. The van der Waals surface area contributed by atoms with Crippen LogP contribution in [0.2, 0.25) is 0 Å². The fourth-order valence-electron chi connectivity index (χ4n) is 3.19. The third kappa shape index (κ3) is 4.08. The van der Waals surface area contributed by atoms with Gasteiger partial charge < -0.3 is 25.4 Å². The number of anilines is 1. The molecule has 2 unspecified atom stereocenters. The van der Waals surface area contributed by atoms with Crippen molar-refractivity contribution in [2.24, 2.45) is 5.73 Å². The van der Waals surface area contributed by atoms with Gasteiger partial charge in [0.25, 0.3) is 0 Å². The van der Waals surface area contributed by atoms with Crippen LogP contribution in [0.3, 0.4) is 0 Å². The van der Waals surface area contributed by atoms with Crippen LogP contribution in [-0.4, -0.2) is 39.3 Å². The summed E-state index contributed by atoms with van der Waals surface area (Å²) in [6, 6.07) is 14.6. The van der Waals surface area contributed by atoms with Gasteiger partial charge in [0.15, 0.2) is 0 Å². The van der Waals surface area contributed by atoms with Crippen LogP contribution in [0.5, 0.6) is 11.5 Å². The number of benzene rings is 2. The van der Waals surface area contributed by atoms with E-state index in [1.807, 2.05) is 48.5 Å². The minimum absolute atomic E-state index is 0.0643. The average Bonchev–Trinajstić information content (AvgIpc) is 3.16. The summed E-state index contributed by atoms with van der Waals surface area (Å²) in [7, 11) is 3.27. The molecule has 0 saturated carbocycles. The van der Waals surface area contributed by atoms with Gasteiger partial charge in [-0.1, -0.05) is 30.3 Å². The summed E-state index contributed by atoms with van der Waals surface area (Å²) in [5.74, 6) is 1.35. The summed E-state index contributed by atoms with van der Waals surface area (Å²) >= 11 is 0. The summed E-state index contributed by atoms with van der Waals surface area (Å²) in [5.41, 5.74) is 7.92. The summed E-state index contributed by atoms with van der Waals surface area (Å²) in [4.78, 5) is 14.7. The van der Waals surface area contributed by atoms with E-state index in [4.69, 9.17) is 15.2 Å². The maximum Gasteiger partial charge on any atom is 0.241 e. The maximum atomic E-state index is 12.4. The Morgan fingerprint density at radius 3 is 2.42 bits per heavy atom. The third-order valence-corrected chi connectivity index (χ3v) is 4.68. The van der Waals surface area contributed by atoms with Gasteiger partial charge in [0.2, 0.25) is 5.91 Å². The number of methoxy groups -OCH3 is 2. The van der Waals surface area contributed by atoms with Crippen LogP contribution < -0.4 is 25.4 Å². The van der Waals surface area contributed by atoms with Crippen molar-refractivity contribution >= 4 is 11.6 Å². The number of hydrogen-bond donors (Lipinski definition) is 2. The monoisotopic (exact) mass is 355 g/mol. The van der Waals surface area contributed by atoms with E-state index in [0.29, 0.717) is 0 Å². The topological polar surface area (TPSA) is 76.8 Å². The van der Waals surface area contributed by atoms with Crippen LogP contribution in [0.4, 0.5) is 5.69 Å². The second kappa shape index (κ2) is 8.10. The Kier molecular flexibility index (Phi) is 5.63. The molecule has 138 valence electrons. The van der Waals surface area contributed by atoms with Gasteiger partial charge in [-0.3, -0.25) is 4.79 Å². The highest BCUT2D eigenvalue weighted by Crippen LogP contribution is 2.30. The first-order valence-corrected chi connectivity index (χ1v) is 8.69. The Morgan fingerprint density at radius 2 is 1.81 bits per heavy atom. The minimum atomic E-state index is -0.651. The zero-order valence-electron chi connectivity index (χ0n) is 15.1. The largest absolute Gasteiger partial charge is 0.497 e. The van der Waals surface area contributed by atoms with E-state index in [1.165, 1.54) is 0 Å². The van der Waals surface area contributed by atoms with Gasteiger partial charge in [0.05, 0.1) is 14.2 Å². The molecule has 6 heteroatoms. The SMILES string of the molecule is COc1cc(OC)cc(N2CCC(NC(=O)C(N)c3ccccc3)C2)c1. The number of hydrogen-bond acceptors (Lipinski definition) is 5. The van der Waals surface area contributed by atoms with Crippen LogP contribution in [0, 0.1) is 0 Å². The Morgan fingerprint density at radius 1 is 1.15 bits per heavy atom. The number of nitrogens with two attached hydrogens (primary N) is 1. The normalized spacial score (nSPS) is 17.7. The number of carbonyl (C=O) groups excluding carboxylic acids is 1. The molecule has 2 aromatic rings. The molecule has 2 aromatic carbocycles. The minimum Gasteiger partial charge on any atom is -0.497 e. The van der Waals surface area contributed by atoms with Crippen molar-refractivity contribution in [1.29, 1.82) is 0 Å². The Bertz CT molecular complexity index is 729. The van der Waals surface area contributed by atoms with E-state index in [9.17, 15) is 4.79 Å². The van der Waals surface area contributed by atoms with Gasteiger partial charge in [-0.15, -0.1) is 0 Å². The van der Waals surface area contributed by atoms with Crippen LogP contribution >= 0.6 is 0 Å². The van der Waals surface area contributed by atoms with Crippen LogP contribution in [0.1, 0.15) is 18.0 Å². The van der Waals surface area contributed by atoms with Crippen molar-refractivity contribution in [1.82, 2.24) is 5.32 Å². The van der Waals surface area contributed by atoms with E-state index in [0.717, 1.165) is 42.3 Å². The molecule has 1 amide bonds. The first-order chi connectivity index (χ1) is 12.6. The number of ether oxygens (including phenoxy) is 2. The molecule has 1 aliphatic rings. The molecule has 1 heterocycles. The molecule has 0 radical (unpaired) electrons. The van der Waals surface area contributed by atoms with Crippen LogP contribution in [0.25, 0.3) is 0 Å². The van der Waals surface area contributed by atoms with Gasteiger partial charge in [-0.25, -0.2) is 0 Å². The van der Waals surface area contributed by atoms with Gasteiger partial charge in [0.1, 0.15) is 17.5 Å². The van der Waals surface area contributed by atoms with E-state index < -0.39 is 6.04 Å². The fourth-order valence-corrected chi connectivity index (χ4v) is 3.19. The lowest BCUT2D eigenvalue weighted by Gasteiger charge is -2.21. The quantitative estimate of drug-likeness (QED) is 0.830. The summed E-state index contributed by atoms with van der Waals surface area (Å²) < 4.78 is 10.7. The molecule has 26 heavy (non-hydrogen) atoms. The van der Waals surface area contributed by atoms with Crippen molar-refractivity contribution < 1.29 is 14.3 Å². The van der Waals surface area contributed by atoms with Crippen molar-refractivity contribution in [3.05, 3.63) is 54.1 Å². The van der Waals surface area contributed by atoms with Crippen molar-refractivity contribution in [2.45, 2.75) is 18.5 Å². The van der Waals surface area contributed by atoms with Gasteiger partial charge in [-0.2, -0.15) is 0 Å². The highest BCUT2D eigenvalue weighted by Gasteiger charge is 2.27. The van der Waals surface area contributed by atoms with Crippen molar-refractivity contribution in [3.63, 3.8) is 0 Å². The van der Waals surface area contributed by atoms with Gasteiger partial charge in [-0.05, 0) is 12.0 Å². The molecule has 1 saturated heterocycles. The number of nitrogens with zero attached hydrogens (tertiary/aromatic N) is 1. The molecular formula is C20H25N3O3. The molecule has 0 aromatic heterocycles. The molecular weight excluding hydrogens is 330 g/mol. The zero-order chi connectivity index (χ0) is 18.5. The molecule has 3 N–H and O–H groups in total. The summed E-state index contributed by atoms with van der Waals surface area (Å²) in [6.45, 7) is 1.57. The highest BCUT2D eigenvalue weighted by molar-refractivity contribution is 5.83. The first kappa shape index (κ1) is 18.1. The number of rotatable bonds is 6. The van der Waals surface area contributed by atoms with Gasteiger partial charge >= 0.3 is 0 Å². The predicted octanol–water partition coefficient (Wildman–Crippen LogP) is 2.10. The Labute approximate surface area is 153 Å². The molecule has 0 spiro atoms. The van der Waals surface area contributed by atoms with Gasteiger partial charge in [0, 0.05) is 43.0 Å². The molecule has 3 rings (SSSR count). The van der Waals surface area contributed by atoms with E-state index >= 15 is 0 Å². The van der Waals surface area contributed by atoms with Crippen molar-refractivity contribution in [3.8, 4) is 11.5 Å². The number of carbonyl (C=O) groups is 1. The predicted molar refractivity (Wildman–Crippen MR) is 102 cm³/mol. The van der Waals surface area contributed by atoms with Crippen LogP contribution in [-0.2, 0) is 4.79 Å². The lowest BCUT2D eigenvalue weighted by atomic mass is 10.1. The first-order valence-electron chi connectivity index (χ1n) is 8.69. The molecule has 1 fully saturated rings. The maximum absolute atomic E-state index is 12.4. The second-order valence-corrected chi connectivity index (χ2v) is 6.40. The fraction of sp³-hybridized carbons (Fsp3) is 0.350. The Balaban J connectivity index is 1.63. The van der Waals surface area contributed by atoms with E-state index in [1.54, 1.807) is 14.2 Å². The second-order valence-electron chi connectivity index (χ2n) is 6.40. The third-order valence-electron chi connectivity index (χ3n) is 4.68. The van der Waals surface area contributed by atoms with Crippen molar-refractivity contribution in [2.75, 3.05) is 32.2 Å². The standard InChI is InChI=1S/C20H25N3O3/c1-25-17-10-16(11-18(12-17)26-2)23-9-8-15(13-23)22-20(24)19(21)14-6-4-3-5-7-14/h3-7,10-12,15,19H,8-9,13,21H2,1-2H3,(H,22,24). The Hall–Kier alpha value is -2.73. The molecule has 1 aliphatic heterocycles. The highest BCUT2D eigenvalue weighted by atomic mass is 16.5. The van der Waals surface area contributed by atoms with E-state index in [-0.39, 0.29) is 11.9 Å². The molecule has 6 nitrogen and oxygen atoms in total. The van der Waals surface area contributed by atoms with Crippen LogP contribution in [0.15, 0.2) is 48.5 Å². The summed E-state index contributed by atoms with van der Waals surface area (Å²) in [5, 5.41) is 3.07.